The van der Waals surface area contributed by atoms with Crippen LogP contribution >= 0.6 is 11.6 Å². The maximum atomic E-state index is 7.59. The number of piperidine rings is 1. The molecule has 1 fully saturated rings. The Morgan fingerprint density at radius 3 is 2.65 bits per heavy atom. The molecule has 26 heavy (non-hydrogen) atoms. The van der Waals surface area contributed by atoms with E-state index in [2.05, 4.69) is 29.9 Å². The lowest BCUT2D eigenvalue weighted by Gasteiger charge is -2.35. The first-order valence-corrected chi connectivity index (χ1v) is 8.86. The summed E-state index contributed by atoms with van der Waals surface area (Å²) in [6, 6.07) is 9.56. The molecule has 7 heteroatoms. The van der Waals surface area contributed by atoms with Crippen molar-refractivity contribution in [3.8, 4) is 11.1 Å². The van der Waals surface area contributed by atoms with E-state index in [4.69, 9.17) is 18.2 Å². The van der Waals surface area contributed by atoms with Crippen LogP contribution in [0.1, 0.15) is 24.6 Å². The molecule has 0 bridgehead atoms. The normalized spacial score (nSPS) is 15.0. The minimum atomic E-state index is 0.384. The van der Waals surface area contributed by atoms with Crippen molar-refractivity contribution in [3.63, 3.8) is 0 Å². The summed E-state index contributed by atoms with van der Waals surface area (Å²) in [6.45, 7) is 9.32. The molecule has 0 saturated carbocycles. The molecule has 1 N–H and O–H groups in total. The van der Waals surface area contributed by atoms with Gasteiger partial charge in [-0.3, -0.25) is 5.10 Å². The van der Waals surface area contributed by atoms with E-state index in [0.717, 1.165) is 48.6 Å². The summed E-state index contributed by atoms with van der Waals surface area (Å²) in [5, 5.41) is 7.40. The Balaban J connectivity index is 1.66. The highest BCUT2D eigenvalue weighted by atomic mass is 35.5. The van der Waals surface area contributed by atoms with Crippen LogP contribution in [0.4, 0.5) is 11.4 Å². The van der Waals surface area contributed by atoms with Gasteiger partial charge in [0.25, 0.3) is 0 Å². The number of anilines is 1. The Labute approximate surface area is 156 Å². The largest absolute Gasteiger partial charge is 0.380 e. The topological polar surface area (TPSA) is 62.1 Å². The average molecular weight is 365 g/mol. The van der Waals surface area contributed by atoms with Gasteiger partial charge in [-0.05, 0) is 30.5 Å². The van der Waals surface area contributed by atoms with Gasteiger partial charge in [0.2, 0.25) is 5.69 Å². The molecule has 2 aromatic heterocycles. The van der Waals surface area contributed by atoms with Crippen molar-refractivity contribution >= 4 is 23.0 Å². The first kappa shape index (κ1) is 16.6. The van der Waals surface area contributed by atoms with E-state index >= 15 is 0 Å². The van der Waals surface area contributed by atoms with Crippen LogP contribution in [0.15, 0.2) is 42.9 Å². The summed E-state index contributed by atoms with van der Waals surface area (Å²) < 4.78 is 0. The summed E-state index contributed by atoms with van der Waals surface area (Å²) in [5.74, 6) is 1.33. The van der Waals surface area contributed by atoms with Crippen molar-refractivity contribution in [2.45, 2.75) is 18.8 Å². The van der Waals surface area contributed by atoms with E-state index in [1.807, 2.05) is 24.3 Å². The molecule has 1 aliphatic heterocycles. The van der Waals surface area contributed by atoms with Gasteiger partial charge in [-0.15, -0.1) is 0 Å². The number of halogens is 1. The highest BCUT2D eigenvalue weighted by Crippen LogP contribution is 2.41. The summed E-state index contributed by atoms with van der Waals surface area (Å²) in [4.78, 5) is 14.5. The van der Waals surface area contributed by atoms with E-state index in [1.54, 1.807) is 18.6 Å². The zero-order valence-electron chi connectivity index (χ0n) is 14.1. The lowest BCUT2D eigenvalue weighted by molar-refractivity contribution is 0.487. The van der Waals surface area contributed by atoms with Gasteiger partial charge in [-0.2, -0.15) is 5.10 Å². The Morgan fingerprint density at radius 1 is 1.15 bits per heavy atom. The number of nitrogens with one attached hydrogen (secondary N) is 1. The first-order valence-electron chi connectivity index (χ1n) is 8.49. The maximum absolute atomic E-state index is 7.59. The van der Waals surface area contributed by atoms with Crippen LogP contribution in [0, 0.1) is 6.57 Å². The number of hydrogen-bond donors (Lipinski definition) is 1. The van der Waals surface area contributed by atoms with Crippen LogP contribution in [0.3, 0.4) is 0 Å². The molecule has 130 valence electrons. The molecule has 0 atom stereocenters. The van der Waals surface area contributed by atoms with Gasteiger partial charge in [0, 0.05) is 36.5 Å². The molecule has 1 saturated heterocycles. The van der Waals surface area contributed by atoms with Crippen LogP contribution in [0.25, 0.3) is 16.0 Å². The average Bonchev–Trinajstić information content (AvgIpc) is 3.23. The van der Waals surface area contributed by atoms with Gasteiger partial charge < -0.3 is 4.90 Å². The molecular formula is C19H17ClN6. The van der Waals surface area contributed by atoms with Crippen LogP contribution in [0.5, 0.6) is 0 Å². The third-order valence-corrected chi connectivity index (χ3v) is 5.03. The Morgan fingerprint density at radius 2 is 2.00 bits per heavy atom. The zero-order chi connectivity index (χ0) is 17.9. The fourth-order valence-electron chi connectivity index (χ4n) is 3.51. The first-order chi connectivity index (χ1) is 12.8. The van der Waals surface area contributed by atoms with Crippen molar-refractivity contribution in [1.82, 2.24) is 20.2 Å². The number of para-hydroxylation sites is 1. The van der Waals surface area contributed by atoms with E-state index < -0.39 is 0 Å². The summed E-state index contributed by atoms with van der Waals surface area (Å²) >= 11 is 5.93. The minimum absolute atomic E-state index is 0.384. The minimum Gasteiger partial charge on any atom is -0.380 e. The third-order valence-electron chi connectivity index (χ3n) is 4.81. The van der Waals surface area contributed by atoms with Gasteiger partial charge >= 0.3 is 0 Å². The second kappa shape index (κ2) is 7.14. The molecule has 0 unspecified atom stereocenters. The molecule has 0 aliphatic carbocycles. The lowest BCUT2D eigenvalue weighted by Crippen LogP contribution is -2.33. The molecule has 0 amide bonds. The van der Waals surface area contributed by atoms with E-state index in [0.29, 0.717) is 16.8 Å². The smallest absolute Gasteiger partial charge is 0.210 e. The second-order valence-corrected chi connectivity index (χ2v) is 6.67. The molecule has 4 rings (SSSR count). The van der Waals surface area contributed by atoms with Crippen LogP contribution in [0.2, 0.25) is 5.15 Å². The monoisotopic (exact) mass is 364 g/mol. The van der Waals surface area contributed by atoms with Crippen LogP contribution < -0.4 is 4.90 Å². The second-order valence-electron chi connectivity index (χ2n) is 6.29. The van der Waals surface area contributed by atoms with Gasteiger partial charge in [-0.1, -0.05) is 29.8 Å². The fourth-order valence-corrected chi connectivity index (χ4v) is 3.62. The lowest BCUT2D eigenvalue weighted by atomic mass is 9.94. The molecule has 1 aromatic carbocycles. The van der Waals surface area contributed by atoms with Gasteiger partial charge in [0.05, 0.1) is 6.57 Å². The number of benzene rings is 1. The van der Waals surface area contributed by atoms with Crippen molar-refractivity contribution in [3.05, 3.63) is 65.3 Å². The number of nitrogens with zero attached hydrogens (tertiary/aromatic N) is 5. The van der Waals surface area contributed by atoms with Crippen LogP contribution in [-0.2, 0) is 0 Å². The Hall–Kier alpha value is -2.91. The van der Waals surface area contributed by atoms with E-state index in [1.165, 1.54) is 0 Å². The van der Waals surface area contributed by atoms with E-state index in [-0.39, 0.29) is 0 Å². The molecule has 0 radical (unpaired) electrons. The standard InChI is InChI=1S/C19H17ClN6/c1-21-16-4-2-3-15(14-5-6-17(20)22-11-14)18(16)26-9-7-13(8-10-26)19-23-12-24-25-19/h2-6,11-13H,7-10H2,(H,23,24,25). The highest BCUT2D eigenvalue weighted by Gasteiger charge is 2.25. The number of H-pyrrole nitrogens is 1. The Kier molecular flexibility index (Phi) is 4.55. The molecule has 6 nitrogen and oxygen atoms in total. The summed E-state index contributed by atoms with van der Waals surface area (Å²) in [7, 11) is 0. The van der Waals surface area contributed by atoms with Gasteiger partial charge in [0.15, 0.2) is 0 Å². The predicted molar refractivity (Wildman–Crippen MR) is 102 cm³/mol. The third kappa shape index (κ3) is 3.14. The summed E-state index contributed by atoms with van der Waals surface area (Å²) in [5.41, 5.74) is 3.62. The van der Waals surface area contributed by atoms with Crippen LogP contribution in [-0.4, -0.2) is 33.3 Å². The van der Waals surface area contributed by atoms with Crippen molar-refractivity contribution in [2.24, 2.45) is 0 Å². The number of rotatable bonds is 3. The maximum Gasteiger partial charge on any atom is 0.210 e. The molecule has 0 spiro atoms. The number of aromatic nitrogens is 4. The molecular weight excluding hydrogens is 348 g/mol. The SMILES string of the molecule is [C-]#[N+]c1cccc(-c2ccc(Cl)nc2)c1N1CCC(c2ncn[nH]2)CC1. The van der Waals surface area contributed by atoms with Gasteiger partial charge in [-0.25, -0.2) is 14.8 Å². The van der Waals surface area contributed by atoms with Gasteiger partial charge in [0.1, 0.15) is 17.3 Å². The fraction of sp³-hybridized carbons (Fsp3) is 0.263. The Bertz CT molecular complexity index is 922. The highest BCUT2D eigenvalue weighted by molar-refractivity contribution is 6.29. The summed E-state index contributed by atoms with van der Waals surface area (Å²) in [6.07, 6.45) is 5.26. The van der Waals surface area contributed by atoms with Crippen molar-refractivity contribution in [1.29, 1.82) is 0 Å². The van der Waals surface area contributed by atoms with E-state index in [9.17, 15) is 0 Å². The van der Waals surface area contributed by atoms with Crippen molar-refractivity contribution < 1.29 is 0 Å². The quantitative estimate of drug-likeness (QED) is 0.550. The zero-order valence-corrected chi connectivity index (χ0v) is 14.8. The molecule has 3 heterocycles. The number of aromatic amines is 1. The molecule has 3 aromatic rings. The predicted octanol–water partition coefficient (Wildman–Crippen LogP) is 4.45. The number of pyridine rings is 1. The molecule has 1 aliphatic rings. The van der Waals surface area contributed by atoms with Crippen molar-refractivity contribution in [2.75, 3.05) is 18.0 Å². The number of hydrogen-bond acceptors (Lipinski definition) is 4.